The van der Waals surface area contributed by atoms with Gasteiger partial charge >= 0.3 is 5.92 Å². The van der Waals surface area contributed by atoms with Gasteiger partial charge in [-0.2, -0.15) is 8.78 Å². The first-order chi connectivity index (χ1) is 15.1. The first-order valence-corrected chi connectivity index (χ1v) is 10.4. The van der Waals surface area contributed by atoms with E-state index in [0.29, 0.717) is 37.9 Å². The van der Waals surface area contributed by atoms with E-state index in [4.69, 9.17) is 9.47 Å². The first kappa shape index (κ1) is 21.3. The number of rotatable bonds is 7. The number of benzene rings is 1. The summed E-state index contributed by atoms with van der Waals surface area (Å²) in [5, 5.41) is 0. The van der Waals surface area contributed by atoms with Crippen molar-refractivity contribution < 1.29 is 18.3 Å². The van der Waals surface area contributed by atoms with Gasteiger partial charge in [0.15, 0.2) is 0 Å². The topological polar surface area (TPSA) is 47.5 Å². The Morgan fingerprint density at radius 1 is 1.00 bits per heavy atom. The van der Waals surface area contributed by atoms with Gasteiger partial charge in [-0.25, -0.2) is 4.98 Å². The number of aryl methyl sites for hydroxylation is 1. The van der Waals surface area contributed by atoms with Crippen molar-refractivity contribution in [3.63, 3.8) is 0 Å². The van der Waals surface area contributed by atoms with Crippen LogP contribution in [0.15, 0.2) is 60.9 Å². The van der Waals surface area contributed by atoms with E-state index >= 15 is 0 Å². The van der Waals surface area contributed by atoms with Gasteiger partial charge in [0.1, 0.15) is 11.4 Å². The second kappa shape index (κ2) is 9.49. The molecule has 1 aliphatic heterocycles. The molecule has 0 unspecified atom stereocenters. The Hall–Kier alpha value is -2.90. The van der Waals surface area contributed by atoms with Gasteiger partial charge in [-0.3, -0.25) is 9.88 Å². The zero-order valence-corrected chi connectivity index (χ0v) is 17.4. The first-order valence-electron chi connectivity index (χ1n) is 10.4. The van der Waals surface area contributed by atoms with Gasteiger partial charge in [-0.15, -0.1) is 0 Å². The number of pyridine rings is 2. The van der Waals surface area contributed by atoms with Gasteiger partial charge in [0.05, 0.1) is 26.0 Å². The predicted octanol–water partition coefficient (Wildman–Crippen LogP) is 4.92. The van der Waals surface area contributed by atoms with Crippen molar-refractivity contribution in [1.82, 2.24) is 14.9 Å². The van der Waals surface area contributed by atoms with E-state index in [9.17, 15) is 8.78 Å². The molecule has 0 saturated carbocycles. The monoisotopic (exact) mass is 425 g/mol. The zero-order valence-electron chi connectivity index (χ0n) is 17.4. The molecule has 0 amide bonds. The second-order valence-electron chi connectivity index (χ2n) is 7.44. The summed E-state index contributed by atoms with van der Waals surface area (Å²) in [5.41, 5.74) is 2.79. The lowest BCUT2D eigenvalue weighted by atomic mass is 9.99. The quantitative estimate of drug-likeness (QED) is 0.538. The molecule has 0 aliphatic carbocycles. The molecule has 3 aromatic rings. The van der Waals surface area contributed by atoms with Crippen molar-refractivity contribution in [3.8, 4) is 22.8 Å². The highest BCUT2D eigenvalue weighted by molar-refractivity contribution is 5.72. The maximum atomic E-state index is 14.7. The van der Waals surface area contributed by atoms with E-state index in [1.807, 2.05) is 30.3 Å². The Kier molecular flexibility index (Phi) is 6.53. The number of hydrogen-bond acceptors (Lipinski definition) is 5. The summed E-state index contributed by atoms with van der Waals surface area (Å²) in [6, 6.07) is 14.7. The number of halogens is 2. The van der Waals surface area contributed by atoms with E-state index in [0.717, 1.165) is 17.5 Å². The van der Waals surface area contributed by atoms with E-state index in [1.165, 1.54) is 23.9 Å². The second-order valence-corrected chi connectivity index (χ2v) is 7.44. The molecule has 5 nitrogen and oxygen atoms in total. The summed E-state index contributed by atoms with van der Waals surface area (Å²) in [6.45, 7) is 3.67. The molecule has 7 heteroatoms. The molecule has 0 spiro atoms. The van der Waals surface area contributed by atoms with Crippen LogP contribution in [0.5, 0.6) is 11.6 Å². The smallest absolute Gasteiger partial charge is 0.302 e. The minimum atomic E-state index is -3.05. The molecule has 1 aromatic carbocycles. The Morgan fingerprint density at radius 2 is 1.77 bits per heavy atom. The van der Waals surface area contributed by atoms with Crippen LogP contribution in [0.25, 0.3) is 11.1 Å². The average Bonchev–Trinajstić information content (AvgIpc) is 2.80. The molecule has 4 rings (SSSR count). The molecule has 2 aromatic heterocycles. The molecule has 0 radical (unpaired) electrons. The van der Waals surface area contributed by atoms with E-state index in [-0.39, 0.29) is 12.2 Å². The van der Waals surface area contributed by atoms with Crippen molar-refractivity contribution >= 4 is 0 Å². The van der Waals surface area contributed by atoms with Crippen molar-refractivity contribution in [3.05, 3.63) is 72.2 Å². The number of nitrogens with zero attached hydrogens (tertiary/aromatic N) is 3. The van der Waals surface area contributed by atoms with Crippen molar-refractivity contribution in [2.24, 2.45) is 0 Å². The fourth-order valence-corrected chi connectivity index (χ4v) is 3.66. The van der Waals surface area contributed by atoms with Gasteiger partial charge in [-0.05, 0) is 41.8 Å². The fourth-order valence-electron chi connectivity index (χ4n) is 3.66. The number of alkyl halides is 2. The third kappa shape index (κ3) is 5.06. The lowest BCUT2D eigenvalue weighted by Gasteiger charge is -2.29. The van der Waals surface area contributed by atoms with Crippen LogP contribution < -0.4 is 4.74 Å². The van der Waals surface area contributed by atoms with E-state index in [1.54, 1.807) is 11.1 Å². The van der Waals surface area contributed by atoms with Crippen LogP contribution in [0.3, 0.4) is 0 Å². The fraction of sp³-hybridized carbons (Fsp3) is 0.333. The third-order valence-electron chi connectivity index (χ3n) is 5.31. The highest BCUT2D eigenvalue weighted by Crippen LogP contribution is 2.34. The van der Waals surface area contributed by atoms with Crippen LogP contribution in [-0.4, -0.2) is 47.7 Å². The Bertz CT molecular complexity index is 1010. The Morgan fingerprint density at radius 3 is 2.52 bits per heavy atom. The van der Waals surface area contributed by atoms with Crippen LogP contribution in [0, 0.1) is 0 Å². The molecule has 0 atom stereocenters. The lowest BCUT2D eigenvalue weighted by molar-refractivity contribution is -0.0645. The van der Waals surface area contributed by atoms with Crippen molar-refractivity contribution in [2.75, 3.05) is 32.8 Å². The van der Waals surface area contributed by atoms with E-state index in [2.05, 4.69) is 23.0 Å². The summed E-state index contributed by atoms with van der Waals surface area (Å²) >= 11 is 0. The van der Waals surface area contributed by atoms with Crippen molar-refractivity contribution in [1.29, 1.82) is 0 Å². The molecule has 3 heterocycles. The van der Waals surface area contributed by atoms with Crippen LogP contribution in [0.4, 0.5) is 8.78 Å². The number of morpholine rings is 1. The Labute approximate surface area is 180 Å². The number of aromatic nitrogens is 2. The summed E-state index contributed by atoms with van der Waals surface area (Å²) in [6.07, 6.45) is 3.84. The maximum Gasteiger partial charge on any atom is 0.302 e. The molecule has 1 saturated heterocycles. The average molecular weight is 425 g/mol. The largest absolute Gasteiger partial charge is 0.437 e. The molecule has 1 fully saturated rings. The molecule has 0 N–H and O–H groups in total. The highest BCUT2D eigenvalue weighted by atomic mass is 19.3. The van der Waals surface area contributed by atoms with Crippen LogP contribution in [0.1, 0.15) is 18.2 Å². The maximum absolute atomic E-state index is 14.7. The van der Waals surface area contributed by atoms with Gasteiger partial charge in [0.25, 0.3) is 0 Å². The predicted molar refractivity (Wildman–Crippen MR) is 115 cm³/mol. The number of hydrogen-bond donors (Lipinski definition) is 0. The minimum absolute atomic E-state index is 0.274. The lowest BCUT2D eigenvalue weighted by Crippen LogP contribution is -2.42. The standard InChI is InChI=1S/C24H25F2N3O2/c1-2-18-6-3-4-7-20(18)21-8-5-11-27-23(21)31-19-9-10-22(28-16-19)24(25,26)17-29-12-14-30-15-13-29/h3-11,16H,2,12-15,17H2,1H3. The van der Waals surface area contributed by atoms with Crippen LogP contribution >= 0.6 is 0 Å². The molecule has 162 valence electrons. The van der Waals surface area contributed by atoms with E-state index < -0.39 is 5.92 Å². The Balaban J connectivity index is 1.52. The van der Waals surface area contributed by atoms with Crippen LogP contribution in [-0.2, 0) is 17.1 Å². The van der Waals surface area contributed by atoms with Gasteiger partial charge in [-0.1, -0.05) is 31.2 Å². The molecule has 1 aliphatic rings. The number of ether oxygens (including phenoxy) is 2. The SMILES string of the molecule is CCc1ccccc1-c1cccnc1Oc1ccc(C(F)(F)CN2CCOCC2)nc1. The summed E-state index contributed by atoms with van der Waals surface area (Å²) in [5.74, 6) is -2.27. The molecular weight excluding hydrogens is 400 g/mol. The van der Waals surface area contributed by atoms with Gasteiger partial charge in [0.2, 0.25) is 5.88 Å². The minimum Gasteiger partial charge on any atom is -0.437 e. The van der Waals surface area contributed by atoms with Gasteiger partial charge in [0, 0.05) is 24.8 Å². The van der Waals surface area contributed by atoms with Crippen molar-refractivity contribution in [2.45, 2.75) is 19.3 Å². The molecular formula is C24H25F2N3O2. The normalized spacial score (nSPS) is 15.1. The molecule has 31 heavy (non-hydrogen) atoms. The van der Waals surface area contributed by atoms with Gasteiger partial charge < -0.3 is 9.47 Å². The summed E-state index contributed by atoms with van der Waals surface area (Å²) in [7, 11) is 0. The van der Waals surface area contributed by atoms with Crippen LogP contribution in [0.2, 0.25) is 0 Å². The molecule has 0 bridgehead atoms. The third-order valence-corrected chi connectivity index (χ3v) is 5.31. The summed E-state index contributed by atoms with van der Waals surface area (Å²) in [4.78, 5) is 10.0. The highest BCUT2D eigenvalue weighted by Gasteiger charge is 2.36. The zero-order chi connectivity index (χ0) is 21.7. The summed E-state index contributed by atoms with van der Waals surface area (Å²) < 4.78 is 40.5.